The molecular formula is C22H24N2O6. The van der Waals surface area contributed by atoms with Crippen molar-refractivity contribution in [1.82, 2.24) is 10.8 Å². The molecule has 8 heteroatoms. The average molecular weight is 412 g/mol. The first-order chi connectivity index (χ1) is 14.5. The summed E-state index contributed by atoms with van der Waals surface area (Å²) in [5.41, 5.74) is 6.60. The van der Waals surface area contributed by atoms with Crippen molar-refractivity contribution in [1.29, 1.82) is 0 Å². The molecule has 1 aliphatic rings. The number of aliphatic carboxylic acids is 1. The van der Waals surface area contributed by atoms with Crippen LogP contribution in [-0.2, 0) is 19.2 Å². The van der Waals surface area contributed by atoms with Crippen LogP contribution in [0.3, 0.4) is 0 Å². The predicted octanol–water partition coefficient (Wildman–Crippen LogP) is 2.68. The van der Waals surface area contributed by atoms with Crippen LogP contribution in [0.2, 0.25) is 0 Å². The summed E-state index contributed by atoms with van der Waals surface area (Å²) in [5, 5.41) is 11.1. The highest BCUT2D eigenvalue weighted by molar-refractivity contribution is 5.80. The van der Waals surface area contributed by atoms with Gasteiger partial charge < -0.3 is 15.2 Å². The second-order valence-electron chi connectivity index (χ2n) is 6.96. The van der Waals surface area contributed by atoms with Crippen LogP contribution < -0.4 is 10.8 Å². The first-order valence-electron chi connectivity index (χ1n) is 9.73. The van der Waals surface area contributed by atoms with E-state index in [4.69, 9.17) is 9.84 Å². The molecule has 0 bridgehead atoms. The van der Waals surface area contributed by atoms with E-state index in [2.05, 4.69) is 27.8 Å². The number of carbonyl (C=O) groups is 3. The number of rotatable bonds is 9. The van der Waals surface area contributed by atoms with Gasteiger partial charge in [0.2, 0.25) is 5.91 Å². The number of hydrogen-bond acceptors (Lipinski definition) is 5. The van der Waals surface area contributed by atoms with Gasteiger partial charge in [-0.3, -0.25) is 9.63 Å². The lowest BCUT2D eigenvalue weighted by Gasteiger charge is -2.17. The predicted molar refractivity (Wildman–Crippen MR) is 109 cm³/mol. The summed E-state index contributed by atoms with van der Waals surface area (Å²) in [4.78, 5) is 39.2. The minimum atomic E-state index is -1.19. The van der Waals surface area contributed by atoms with Crippen LogP contribution in [0.5, 0.6) is 0 Å². The zero-order valence-electron chi connectivity index (χ0n) is 16.6. The fraction of sp³-hybridized carbons (Fsp3) is 0.318. The van der Waals surface area contributed by atoms with E-state index in [-0.39, 0.29) is 19.1 Å². The van der Waals surface area contributed by atoms with Gasteiger partial charge in [-0.25, -0.2) is 15.1 Å². The second-order valence-corrected chi connectivity index (χ2v) is 6.96. The molecule has 30 heavy (non-hydrogen) atoms. The van der Waals surface area contributed by atoms with Gasteiger partial charge in [0.1, 0.15) is 6.61 Å². The maximum atomic E-state index is 12.2. The number of nitrogens with one attached hydrogen (secondary N) is 2. The molecule has 0 aliphatic heterocycles. The molecule has 1 aliphatic carbocycles. The Kier molecular flexibility index (Phi) is 7.03. The van der Waals surface area contributed by atoms with Crippen LogP contribution in [0.4, 0.5) is 4.79 Å². The van der Waals surface area contributed by atoms with E-state index in [1.165, 1.54) is 0 Å². The number of benzene rings is 2. The maximum absolute atomic E-state index is 12.2. The molecule has 0 radical (unpaired) electrons. The molecule has 8 nitrogen and oxygen atoms in total. The van der Waals surface area contributed by atoms with Crippen LogP contribution in [0.15, 0.2) is 48.5 Å². The number of hydrogen-bond donors (Lipinski definition) is 3. The molecule has 1 unspecified atom stereocenters. The van der Waals surface area contributed by atoms with Gasteiger partial charge in [0, 0.05) is 12.5 Å². The highest BCUT2D eigenvalue weighted by Crippen LogP contribution is 2.44. The molecule has 3 rings (SSSR count). The molecule has 0 spiro atoms. The molecule has 0 saturated carbocycles. The van der Waals surface area contributed by atoms with Crippen LogP contribution in [0.25, 0.3) is 11.1 Å². The van der Waals surface area contributed by atoms with Crippen molar-refractivity contribution in [2.75, 3.05) is 19.8 Å². The number of hydroxylamine groups is 1. The summed E-state index contributed by atoms with van der Waals surface area (Å²) < 4.78 is 5.44. The zero-order valence-corrected chi connectivity index (χ0v) is 16.6. The van der Waals surface area contributed by atoms with Crippen LogP contribution >= 0.6 is 0 Å². The molecule has 158 valence electrons. The maximum Gasteiger partial charge on any atom is 0.407 e. The molecule has 0 aromatic heterocycles. The minimum absolute atomic E-state index is 0.0437. The van der Waals surface area contributed by atoms with Gasteiger partial charge in [-0.15, -0.1) is 0 Å². The fourth-order valence-corrected chi connectivity index (χ4v) is 3.53. The molecule has 2 aromatic rings. The Morgan fingerprint density at radius 2 is 1.63 bits per heavy atom. The van der Waals surface area contributed by atoms with Crippen LogP contribution in [0, 0.1) is 5.92 Å². The van der Waals surface area contributed by atoms with E-state index < -0.39 is 30.5 Å². The monoisotopic (exact) mass is 412 g/mol. The molecule has 3 N–H and O–H groups in total. The molecule has 0 saturated heterocycles. The summed E-state index contributed by atoms with van der Waals surface area (Å²) in [6.45, 7) is 1.38. The lowest BCUT2D eigenvalue weighted by molar-refractivity contribution is -0.150. The van der Waals surface area contributed by atoms with E-state index in [9.17, 15) is 14.4 Å². The largest absolute Gasteiger partial charge is 0.479 e. The highest BCUT2D eigenvalue weighted by atomic mass is 16.7. The third-order valence-corrected chi connectivity index (χ3v) is 5.07. The van der Waals surface area contributed by atoms with Gasteiger partial charge in [0.15, 0.2) is 6.61 Å². The first kappa shape index (κ1) is 21.3. The number of amides is 2. The third kappa shape index (κ3) is 4.96. The van der Waals surface area contributed by atoms with Gasteiger partial charge in [0.25, 0.3) is 0 Å². The highest BCUT2D eigenvalue weighted by Gasteiger charge is 2.29. The van der Waals surface area contributed by atoms with Crippen LogP contribution in [0.1, 0.15) is 30.4 Å². The molecular weight excluding hydrogens is 388 g/mol. The van der Waals surface area contributed by atoms with Crippen molar-refractivity contribution >= 4 is 18.0 Å². The smallest absolute Gasteiger partial charge is 0.407 e. The molecule has 0 fully saturated rings. The standard InChI is InChI=1S/C22H24N2O6/c1-2-14(21(27)24-30-13-20(25)26)11-23-22(28)29-12-19-17-9-5-3-7-15(17)16-8-4-6-10-18(16)19/h3-10,14,19H,2,11-13H2,1H3,(H,23,28)(H,24,27)(H,25,26). The quantitative estimate of drug-likeness (QED) is 0.546. The first-order valence-corrected chi connectivity index (χ1v) is 9.73. The van der Waals surface area contributed by atoms with Crippen molar-refractivity contribution in [2.24, 2.45) is 5.92 Å². The summed E-state index contributed by atoms with van der Waals surface area (Å²) in [6.07, 6.45) is -0.180. The van der Waals surface area contributed by atoms with Gasteiger partial charge in [-0.1, -0.05) is 55.5 Å². The average Bonchev–Trinajstić information content (AvgIpc) is 3.06. The third-order valence-electron chi connectivity index (χ3n) is 5.07. The van der Waals surface area contributed by atoms with Crippen molar-refractivity contribution in [3.63, 3.8) is 0 Å². The normalized spacial score (nSPS) is 13.1. The molecule has 2 aromatic carbocycles. The van der Waals surface area contributed by atoms with Gasteiger partial charge in [0.05, 0.1) is 5.92 Å². The Balaban J connectivity index is 1.52. The lowest BCUT2D eigenvalue weighted by Crippen LogP contribution is -2.39. The summed E-state index contributed by atoms with van der Waals surface area (Å²) in [7, 11) is 0. The van der Waals surface area contributed by atoms with Gasteiger partial charge >= 0.3 is 12.1 Å². The number of carboxylic acid groups (broad SMARTS) is 1. The Labute approximate surface area is 174 Å². The van der Waals surface area contributed by atoms with Crippen molar-refractivity contribution in [3.05, 3.63) is 59.7 Å². The van der Waals surface area contributed by atoms with Crippen molar-refractivity contribution < 1.29 is 29.1 Å². The van der Waals surface area contributed by atoms with Crippen molar-refractivity contribution in [2.45, 2.75) is 19.3 Å². The van der Waals surface area contributed by atoms with Crippen molar-refractivity contribution in [3.8, 4) is 11.1 Å². The van der Waals surface area contributed by atoms with Gasteiger partial charge in [-0.2, -0.15) is 0 Å². The van der Waals surface area contributed by atoms with E-state index in [0.29, 0.717) is 6.42 Å². The van der Waals surface area contributed by atoms with Gasteiger partial charge in [-0.05, 0) is 28.7 Å². The number of carboxylic acids is 1. The zero-order chi connectivity index (χ0) is 21.5. The van der Waals surface area contributed by atoms with E-state index >= 15 is 0 Å². The Bertz CT molecular complexity index is 884. The second kappa shape index (κ2) is 9.89. The SMILES string of the molecule is CCC(CNC(=O)OCC1c2ccccc2-c2ccccc21)C(=O)NOCC(=O)O. The number of carbonyl (C=O) groups excluding carboxylic acids is 2. The topological polar surface area (TPSA) is 114 Å². The fourth-order valence-electron chi connectivity index (χ4n) is 3.53. The molecule has 0 heterocycles. The number of fused-ring (bicyclic) bond motifs is 3. The number of ether oxygens (including phenoxy) is 1. The Morgan fingerprint density at radius 1 is 1.03 bits per heavy atom. The lowest BCUT2D eigenvalue weighted by atomic mass is 9.98. The van der Waals surface area contributed by atoms with Crippen LogP contribution in [-0.4, -0.2) is 42.8 Å². The van der Waals surface area contributed by atoms with E-state index in [0.717, 1.165) is 22.3 Å². The minimum Gasteiger partial charge on any atom is -0.479 e. The Hall–Kier alpha value is -3.39. The summed E-state index contributed by atoms with van der Waals surface area (Å²) in [6, 6.07) is 16.1. The Morgan fingerprint density at radius 3 is 2.20 bits per heavy atom. The molecule has 2 amide bonds. The number of alkyl carbamates (subject to hydrolysis) is 1. The molecule has 1 atom stereocenters. The van der Waals surface area contributed by atoms with E-state index in [1.54, 1.807) is 6.92 Å². The summed E-state index contributed by atoms with van der Waals surface area (Å²) >= 11 is 0. The summed E-state index contributed by atoms with van der Waals surface area (Å²) in [5.74, 6) is -2.31. The van der Waals surface area contributed by atoms with E-state index in [1.807, 2.05) is 36.4 Å².